The number of nitro groups is 1. The second-order valence-electron chi connectivity index (χ2n) is 4.01. The number of carbonyl (C=O) groups is 1. The smallest absolute Gasteiger partial charge is 0.288 e. The van der Waals surface area contributed by atoms with E-state index < -0.39 is 10.8 Å². The molecule has 0 aromatic carbocycles. The van der Waals surface area contributed by atoms with Gasteiger partial charge in [-0.3, -0.25) is 14.9 Å². The molecule has 0 fully saturated rings. The lowest BCUT2D eigenvalue weighted by molar-refractivity contribution is -0.385. The number of amides is 1. The summed E-state index contributed by atoms with van der Waals surface area (Å²) in [5.74, 6) is -0.485. The predicted molar refractivity (Wildman–Crippen MR) is 74.0 cm³/mol. The topological polar surface area (TPSA) is 94.4 Å². The number of rotatable bonds is 8. The molecule has 8 heteroatoms. The van der Waals surface area contributed by atoms with Crippen molar-refractivity contribution in [2.45, 2.75) is 19.8 Å². The number of pyridine rings is 1. The SMILES string of the molecule is CCCOCCCNC(=O)c1cc([N+](=O)[O-])cnc1Cl. The fraction of sp³-hybridized carbons (Fsp3) is 0.500. The number of hydrogen-bond acceptors (Lipinski definition) is 5. The van der Waals surface area contributed by atoms with Crippen molar-refractivity contribution in [1.82, 2.24) is 10.3 Å². The van der Waals surface area contributed by atoms with Crippen molar-refractivity contribution in [2.75, 3.05) is 19.8 Å². The average Bonchev–Trinajstić information content (AvgIpc) is 2.42. The lowest BCUT2D eigenvalue weighted by Gasteiger charge is -2.06. The second-order valence-corrected chi connectivity index (χ2v) is 4.37. The summed E-state index contributed by atoms with van der Waals surface area (Å²) >= 11 is 5.76. The molecule has 110 valence electrons. The van der Waals surface area contributed by atoms with Crippen LogP contribution in [0.25, 0.3) is 0 Å². The fourth-order valence-corrected chi connectivity index (χ4v) is 1.60. The molecule has 1 heterocycles. The van der Waals surface area contributed by atoms with Crippen LogP contribution < -0.4 is 5.32 Å². The van der Waals surface area contributed by atoms with Crippen LogP contribution in [-0.2, 0) is 4.74 Å². The zero-order chi connectivity index (χ0) is 15.0. The summed E-state index contributed by atoms with van der Waals surface area (Å²) in [6.07, 6.45) is 2.62. The van der Waals surface area contributed by atoms with E-state index in [-0.39, 0.29) is 16.4 Å². The molecule has 7 nitrogen and oxygen atoms in total. The monoisotopic (exact) mass is 301 g/mol. The van der Waals surface area contributed by atoms with Gasteiger partial charge in [0.25, 0.3) is 11.6 Å². The van der Waals surface area contributed by atoms with Crippen LogP contribution in [-0.4, -0.2) is 35.6 Å². The fourth-order valence-electron chi connectivity index (χ4n) is 1.41. The molecule has 0 saturated carbocycles. The van der Waals surface area contributed by atoms with Crippen molar-refractivity contribution in [3.05, 3.63) is 33.1 Å². The first-order valence-electron chi connectivity index (χ1n) is 6.22. The van der Waals surface area contributed by atoms with Gasteiger partial charge in [-0.25, -0.2) is 4.98 Å². The van der Waals surface area contributed by atoms with Crippen LogP contribution >= 0.6 is 11.6 Å². The molecule has 0 unspecified atom stereocenters. The summed E-state index contributed by atoms with van der Waals surface area (Å²) in [7, 11) is 0. The van der Waals surface area contributed by atoms with Gasteiger partial charge >= 0.3 is 0 Å². The van der Waals surface area contributed by atoms with Crippen LogP contribution in [0, 0.1) is 10.1 Å². The van der Waals surface area contributed by atoms with Crippen LogP contribution in [0.1, 0.15) is 30.1 Å². The van der Waals surface area contributed by atoms with E-state index in [0.717, 1.165) is 18.7 Å². The van der Waals surface area contributed by atoms with Crippen molar-refractivity contribution >= 4 is 23.2 Å². The van der Waals surface area contributed by atoms with E-state index in [4.69, 9.17) is 16.3 Å². The molecule has 1 rings (SSSR count). The van der Waals surface area contributed by atoms with Crippen molar-refractivity contribution in [2.24, 2.45) is 0 Å². The highest BCUT2D eigenvalue weighted by atomic mass is 35.5. The summed E-state index contributed by atoms with van der Waals surface area (Å²) in [5, 5.41) is 13.2. The number of nitrogens with one attached hydrogen (secondary N) is 1. The van der Waals surface area contributed by atoms with E-state index in [0.29, 0.717) is 26.2 Å². The molecule has 1 amide bonds. The minimum Gasteiger partial charge on any atom is -0.381 e. The maximum absolute atomic E-state index is 11.8. The third-order valence-electron chi connectivity index (χ3n) is 2.38. The molecule has 0 aliphatic heterocycles. The Hall–Kier alpha value is -1.73. The minimum absolute atomic E-state index is 0.00431. The highest BCUT2D eigenvalue weighted by Gasteiger charge is 2.16. The Kier molecular flexibility index (Phi) is 6.89. The molecule has 0 spiro atoms. The van der Waals surface area contributed by atoms with Crippen molar-refractivity contribution < 1.29 is 14.5 Å². The molecule has 0 aliphatic rings. The maximum atomic E-state index is 11.8. The van der Waals surface area contributed by atoms with Gasteiger partial charge in [0.1, 0.15) is 11.3 Å². The van der Waals surface area contributed by atoms with Gasteiger partial charge in [-0.15, -0.1) is 0 Å². The van der Waals surface area contributed by atoms with Gasteiger partial charge in [0.2, 0.25) is 0 Å². The van der Waals surface area contributed by atoms with Crippen LogP contribution in [0.3, 0.4) is 0 Å². The summed E-state index contributed by atoms with van der Waals surface area (Å²) in [5.41, 5.74) is -0.277. The summed E-state index contributed by atoms with van der Waals surface area (Å²) in [6, 6.07) is 1.11. The number of aromatic nitrogens is 1. The molecule has 1 aromatic rings. The standard InChI is InChI=1S/C12H16ClN3O4/c1-2-5-20-6-3-4-14-12(17)10-7-9(16(18)19)8-15-11(10)13/h7-8H,2-6H2,1H3,(H,14,17). The van der Waals surface area contributed by atoms with E-state index in [2.05, 4.69) is 10.3 Å². The zero-order valence-corrected chi connectivity index (χ0v) is 11.9. The summed E-state index contributed by atoms with van der Waals surface area (Å²) in [6.45, 7) is 3.66. The predicted octanol–water partition coefficient (Wildman–Crippen LogP) is 2.19. The van der Waals surface area contributed by atoms with E-state index in [1.165, 1.54) is 0 Å². The third kappa shape index (κ3) is 5.10. The summed E-state index contributed by atoms with van der Waals surface area (Å²) < 4.78 is 5.27. The van der Waals surface area contributed by atoms with Gasteiger partial charge in [-0.1, -0.05) is 18.5 Å². The normalized spacial score (nSPS) is 10.3. The van der Waals surface area contributed by atoms with Crippen LogP contribution in [0.4, 0.5) is 5.69 Å². The molecule has 20 heavy (non-hydrogen) atoms. The van der Waals surface area contributed by atoms with Crippen LogP contribution in [0.2, 0.25) is 5.15 Å². The van der Waals surface area contributed by atoms with Gasteiger partial charge in [0.15, 0.2) is 0 Å². The molecule has 0 radical (unpaired) electrons. The number of halogens is 1. The maximum Gasteiger partial charge on any atom is 0.288 e. The molecular formula is C12H16ClN3O4. The number of hydrogen-bond donors (Lipinski definition) is 1. The largest absolute Gasteiger partial charge is 0.381 e. The molecule has 1 aromatic heterocycles. The number of nitrogens with zero attached hydrogens (tertiary/aromatic N) is 2. The highest BCUT2D eigenvalue weighted by Crippen LogP contribution is 2.18. The Morgan fingerprint density at radius 3 is 2.95 bits per heavy atom. The Labute approximate surface area is 121 Å². The highest BCUT2D eigenvalue weighted by molar-refractivity contribution is 6.32. The Morgan fingerprint density at radius 1 is 1.55 bits per heavy atom. The van der Waals surface area contributed by atoms with Crippen molar-refractivity contribution in [3.63, 3.8) is 0 Å². The van der Waals surface area contributed by atoms with E-state index in [1.54, 1.807) is 0 Å². The quantitative estimate of drug-likeness (QED) is 0.344. The molecule has 0 bridgehead atoms. The zero-order valence-electron chi connectivity index (χ0n) is 11.1. The van der Waals surface area contributed by atoms with Crippen LogP contribution in [0.5, 0.6) is 0 Å². The molecular weight excluding hydrogens is 286 g/mol. The van der Waals surface area contributed by atoms with E-state index in [1.807, 2.05) is 6.92 Å². The Bertz CT molecular complexity index is 482. The van der Waals surface area contributed by atoms with Gasteiger partial charge in [0.05, 0.1) is 10.5 Å². The van der Waals surface area contributed by atoms with Gasteiger partial charge in [0, 0.05) is 25.8 Å². The van der Waals surface area contributed by atoms with Crippen LogP contribution in [0.15, 0.2) is 12.3 Å². The lowest BCUT2D eigenvalue weighted by Crippen LogP contribution is -2.26. The van der Waals surface area contributed by atoms with Gasteiger partial charge < -0.3 is 10.1 Å². The van der Waals surface area contributed by atoms with Gasteiger partial charge in [-0.05, 0) is 12.8 Å². The minimum atomic E-state index is -0.626. The van der Waals surface area contributed by atoms with E-state index in [9.17, 15) is 14.9 Å². The molecule has 0 aliphatic carbocycles. The molecule has 0 atom stereocenters. The first-order valence-corrected chi connectivity index (χ1v) is 6.60. The molecule has 1 N–H and O–H groups in total. The van der Waals surface area contributed by atoms with Crippen molar-refractivity contribution in [3.8, 4) is 0 Å². The van der Waals surface area contributed by atoms with Crippen molar-refractivity contribution in [1.29, 1.82) is 0 Å². The first-order chi connectivity index (χ1) is 9.56. The second kappa shape index (κ2) is 8.44. The summed E-state index contributed by atoms with van der Waals surface area (Å²) in [4.78, 5) is 25.5. The first kappa shape index (κ1) is 16.3. The lowest BCUT2D eigenvalue weighted by atomic mass is 10.2. The number of carbonyl (C=O) groups excluding carboxylic acids is 1. The van der Waals surface area contributed by atoms with Gasteiger partial charge in [-0.2, -0.15) is 0 Å². The average molecular weight is 302 g/mol. The Balaban J connectivity index is 2.50. The molecule has 0 saturated heterocycles. The van der Waals surface area contributed by atoms with E-state index >= 15 is 0 Å². The third-order valence-corrected chi connectivity index (χ3v) is 2.68. The Morgan fingerprint density at radius 2 is 2.30 bits per heavy atom. The number of ether oxygens (including phenoxy) is 1.